The molecule has 0 atom stereocenters. The molecule has 8 heteroatoms. The molecule has 0 bridgehead atoms. The molecular weight excluding hydrogens is 296 g/mol. The van der Waals surface area contributed by atoms with E-state index < -0.39 is 6.03 Å². The molecule has 0 aliphatic heterocycles. The van der Waals surface area contributed by atoms with Crippen LogP contribution in [0.3, 0.4) is 0 Å². The molecule has 1 fully saturated rings. The topological polar surface area (TPSA) is 97.9 Å². The number of aryl methyl sites for hydroxylation is 2. The number of nitrogens with one attached hydrogen (secondary N) is 2. The van der Waals surface area contributed by atoms with Crippen molar-refractivity contribution in [3.8, 4) is 0 Å². The summed E-state index contributed by atoms with van der Waals surface area (Å²) in [6.45, 7) is 3.73. The molecule has 124 valence electrons. The van der Waals surface area contributed by atoms with Gasteiger partial charge in [0.2, 0.25) is 5.95 Å². The predicted molar refractivity (Wildman–Crippen MR) is 85.4 cm³/mol. The van der Waals surface area contributed by atoms with Crippen molar-refractivity contribution in [2.45, 2.75) is 58.4 Å². The van der Waals surface area contributed by atoms with Crippen LogP contribution in [0.5, 0.6) is 0 Å². The zero-order valence-electron chi connectivity index (χ0n) is 13.5. The maximum Gasteiger partial charge on any atom is 0.326 e. The Balaban J connectivity index is 1.61. The SMILES string of the molecule is CCc1onc(C)c1NC(=O)Nc1ncn(C2CCCCC2)n1. The van der Waals surface area contributed by atoms with Crippen molar-refractivity contribution in [3.63, 3.8) is 0 Å². The molecule has 23 heavy (non-hydrogen) atoms. The van der Waals surface area contributed by atoms with E-state index in [1.54, 1.807) is 13.3 Å². The lowest BCUT2D eigenvalue weighted by atomic mass is 9.96. The summed E-state index contributed by atoms with van der Waals surface area (Å²) < 4.78 is 7.01. The molecule has 0 saturated heterocycles. The summed E-state index contributed by atoms with van der Waals surface area (Å²) in [5.41, 5.74) is 1.26. The molecule has 0 aromatic carbocycles. The number of urea groups is 1. The van der Waals surface area contributed by atoms with Crippen LogP contribution in [0.25, 0.3) is 0 Å². The van der Waals surface area contributed by atoms with Gasteiger partial charge in [-0.25, -0.2) is 14.5 Å². The minimum Gasteiger partial charge on any atom is -0.359 e. The van der Waals surface area contributed by atoms with Gasteiger partial charge in [0.15, 0.2) is 5.76 Å². The Hall–Kier alpha value is -2.38. The average Bonchev–Trinajstić information content (AvgIpc) is 3.16. The van der Waals surface area contributed by atoms with Crippen LogP contribution in [-0.4, -0.2) is 26.0 Å². The fraction of sp³-hybridized carbons (Fsp3) is 0.600. The first-order valence-corrected chi connectivity index (χ1v) is 8.11. The molecule has 2 aromatic rings. The van der Waals surface area contributed by atoms with Gasteiger partial charge in [-0.05, 0) is 19.8 Å². The third kappa shape index (κ3) is 3.52. The molecule has 0 unspecified atom stereocenters. The van der Waals surface area contributed by atoms with Gasteiger partial charge in [-0.1, -0.05) is 31.3 Å². The summed E-state index contributed by atoms with van der Waals surface area (Å²) in [5.74, 6) is 0.957. The lowest BCUT2D eigenvalue weighted by molar-refractivity contribution is 0.262. The maximum atomic E-state index is 12.1. The summed E-state index contributed by atoms with van der Waals surface area (Å²) in [6, 6.07) is -0.00531. The quantitative estimate of drug-likeness (QED) is 0.901. The highest BCUT2D eigenvalue weighted by Crippen LogP contribution is 2.27. The Kier molecular flexibility index (Phi) is 4.59. The number of carbonyl (C=O) groups is 1. The van der Waals surface area contributed by atoms with Gasteiger partial charge < -0.3 is 9.84 Å². The maximum absolute atomic E-state index is 12.1. The van der Waals surface area contributed by atoms with Crippen molar-refractivity contribution in [1.29, 1.82) is 0 Å². The van der Waals surface area contributed by atoms with E-state index in [9.17, 15) is 4.79 Å². The largest absolute Gasteiger partial charge is 0.359 e. The predicted octanol–water partition coefficient (Wildman–Crippen LogP) is 3.29. The van der Waals surface area contributed by atoms with Crippen LogP contribution in [0.15, 0.2) is 10.9 Å². The van der Waals surface area contributed by atoms with Crippen molar-refractivity contribution in [2.24, 2.45) is 0 Å². The summed E-state index contributed by atoms with van der Waals surface area (Å²) in [7, 11) is 0. The van der Waals surface area contributed by atoms with Gasteiger partial charge in [0.25, 0.3) is 0 Å². The second-order valence-electron chi connectivity index (χ2n) is 5.84. The minimum absolute atomic E-state index is 0.306. The minimum atomic E-state index is -0.396. The fourth-order valence-electron chi connectivity index (χ4n) is 2.92. The standard InChI is InChI=1S/C15H22N6O2/c1-3-12-13(10(2)20-23-12)17-15(22)18-14-16-9-21(19-14)11-7-5-4-6-8-11/h9,11H,3-8H2,1-2H3,(H2,17,18,19,22). The molecule has 0 radical (unpaired) electrons. The number of hydrogen-bond donors (Lipinski definition) is 2. The van der Waals surface area contributed by atoms with Gasteiger partial charge >= 0.3 is 6.03 Å². The number of amides is 2. The number of anilines is 2. The summed E-state index contributed by atoms with van der Waals surface area (Å²) >= 11 is 0. The number of hydrogen-bond acceptors (Lipinski definition) is 5. The number of nitrogens with zero attached hydrogens (tertiary/aromatic N) is 4. The number of carbonyl (C=O) groups excluding carboxylic acids is 1. The molecule has 2 N–H and O–H groups in total. The average molecular weight is 318 g/mol. The molecular formula is C15H22N6O2. The third-order valence-electron chi connectivity index (χ3n) is 4.18. The summed E-state index contributed by atoms with van der Waals surface area (Å²) in [6.07, 6.45) is 8.32. The summed E-state index contributed by atoms with van der Waals surface area (Å²) in [4.78, 5) is 16.3. The Bertz CT molecular complexity index is 671. The normalized spacial score (nSPS) is 15.6. The zero-order valence-corrected chi connectivity index (χ0v) is 13.5. The number of rotatable bonds is 4. The van der Waals surface area contributed by atoms with Crippen LogP contribution in [0.1, 0.15) is 56.5 Å². The van der Waals surface area contributed by atoms with Crippen molar-refractivity contribution < 1.29 is 9.32 Å². The van der Waals surface area contributed by atoms with E-state index in [4.69, 9.17) is 4.52 Å². The van der Waals surface area contributed by atoms with Crippen LogP contribution >= 0.6 is 0 Å². The second-order valence-corrected chi connectivity index (χ2v) is 5.84. The fourth-order valence-corrected chi connectivity index (χ4v) is 2.92. The zero-order chi connectivity index (χ0) is 16.2. The highest BCUT2D eigenvalue weighted by atomic mass is 16.5. The molecule has 1 saturated carbocycles. The van der Waals surface area contributed by atoms with Crippen molar-refractivity contribution in [2.75, 3.05) is 10.6 Å². The molecule has 8 nitrogen and oxygen atoms in total. The van der Waals surface area contributed by atoms with E-state index in [1.165, 1.54) is 19.3 Å². The second kappa shape index (κ2) is 6.80. The molecule has 2 heterocycles. The molecule has 2 aromatic heterocycles. The number of aromatic nitrogens is 4. The monoisotopic (exact) mass is 318 g/mol. The van der Waals surface area contributed by atoms with Crippen LogP contribution in [0, 0.1) is 6.92 Å². The lowest BCUT2D eigenvalue weighted by Crippen LogP contribution is -2.21. The van der Waals surface area contributed by atoms with Crippen molar-refractivity contribution >= 4 is 17.7 Å². The molecule has 3 rings (SSSR count). The van der Waals surface area contributed by atoms with E-state index in [0.29, 0.717) is 35.6 Å². The molecule has 1 aliphatic rings. The van der Waals surface area contributed by atoms with Crippen LogP contribution in [-0.2, 0) is 6.42 Å². The lowest BCUT2D eigenvalue weighted by Gasteiger charge is -2.21. The third-order valence-corrected chi connectivity index (χ3v) is 4.18. The van der Waals surface area contributed by atoms with Crippen molar-refractivity contribution in [3.05, 3.63) is 17.8 Å². The Morgan fingerprint density at radius 2 is 2.13 bits per heavy atom. The van der Waals surface area contributed by atoms with E-state index in [-0.39, 0.29) is 0 Å². The van der Waals surface area contributed by atoms with Gasteiger partial charge in [0, 0.05) is 6.42 Å². The van der Waals surface area contributed by atoms with Gasteiger partial charge in [-0.2, -0.15) is 0 Å². The Labute approximate surface area is 134 Å². The smallest absolute Gasteiger partial charge is 0.326 e. The highest BCUT2D eigenvalue weighted by molar-refractivity contribution is 5.99. The first-order valence-electron chi connectivity index (χ1n) is 8.11. The van der Waals surface area contributed by atoms with Gasteiger partial charge in [-0.3, -0.25) is 5.32 Å². The van der Waals surface area contributed by atoms with Crippen LogP contribution in [0.4, 0.5) is 16.4 Å². The van der Waals surface area contributed by atoms with E-state index in [0.717, 1.165) is 12.8 Å². The van der Waals surface area contributed by atoms with Gasteiger partial charge in [-0.15, -0.1) is 5.10 Å². The Morgan fingerprint density at radius 1 is 1.35 bits per heavy atom. The first kappa shape index (κ1) is 15.5. The van der Waals surface area contributed by atoms with E-state index in [1.807, 2.05) is 11.6 Å². The molecule has 1 aliphatic carbocycles. The van der Waals surface area contributed by atoms with Crippen LogP contribution < -0.4 is 10.6 Å². The first-order chi connectivity index (χ1) is 11.2. The molecule has 0 spiro atoms. The van der Waals surface area contributed by atoms with Crippen LogP contribution in [0.2, 0.25) is 0 Å². The van der Waals surface area contributed by atoms with E-state index >= 15 is 0 Å². The van der Waals surface area contributed by atoms with Crippen molar-refractivity contribution in [1.82, 2.24) is 19.9 Å². The molecule has 2 amide bonds. The van der Waals surface area contributed by atoms with Gasteiger partial charge in [0.05, 0.1) is 6.04 Å². The van der Waals surface area contributed by atoms with Gasteiger partial charge in [0.1, 0.15) is 17.7 Å². The highest BCUT2D eigenvalue weighted by Gasteiger charge is 2.18. The van der Waals surface area contributed by atoms with E-state index in [2.05, 4.69) is 25.9 Å². The Morgan fingerprint density at radius 3 is 2.87 bits per heavy atom. The summed E-state index contributed by atoms with van der Waals surface area (Å²) in [5, 5.41) is 13.6.